The Morgan fingerprint density at radius 2 is 2.11 bits per heavy atom. The first-order valence-corrected chi connectivity index (χ1v) is 7.41. The van der Waals surface area contributed by atoms with Crippen molar-refractivity contribution in [3.05, 3.63) is 29.1 Å². The van der Waals surface area contributed by atoms with E-state index in [0.29, 0.717) is 18.2 Å². The number of hydrogen-bond donors (Lipinski definition) is 0. The Morgan fingerprint density at radius 3 is 2.84 bits per heavy atom. The molecule has 1 aromatic heterocycles. The molecule has 0 N–H and O–H groups in total. The van der Waals surface area contributed by atoms with Crippen LogP contribution < -0.4 is 0 Å². The highest BCUT2D eigenvalue weighted by atomic mass is 16.5. The normalized spacial score (nSPS) is 21.2. The number of nitrogens with zero attached hydrogens (tertiary/aromatic N) is 1. The summed E-state index contributed by atoms with van der Waals surface area (Å²) in [6, 6.07) is 2.06. The number of carbonyl (C=O) groups excluding carboxylic acids is 1. The summed E-state index contributed by atoms with van der Waals surface area (Å²) in [4.78, 5) is 16.1. The van der Waals surface area contributed by atoms with E-state index in [9.17, 15) is 4.79 Å². The lowest BCUT2D eigenvalue weighted by molar-refractivity contribution is 0.0518. The first-order valence-electron chi connectivity index (χ1n) is 7.41. The van der Waals surface area contributed by atoms with Crippen LogP contribution >= 0.6 is 0 Å². The molecule has 0 amide bonds. The fourth-order valence-electron chi connectivity index (χ4n) is 3.08. The molecule has 102 valence electrons. The molecule has 0 aliphatic heterocycles. The fraction of sp³-hybridized carbons (Fsp3) is 0.625. The highest BCUT2D eigenvalue weighted by Crippen LogP contribution is 2.38. The van der Waals surface area contributed by atoms with Crippen LogP contribution in [-0.4, -0.2) is 17.6 Å². The number of aromatic nitrogens is 1. The molecule has 19 heavy (non-hydrogen) atoms. The molecule has 0 spiro atoms. The number of fused-ring (bicyclic) bond motifs is 1. The van der Waals surface area contributed by atoms with Gasteiger partial charge in [-0.3, -0.25) is 0 Å². The molecule has 1 saturated carbocycles. The van der Waals surface area contributed by atoms with Crippen LogP contribution in [0.15, 0.2) is 12.3 Å². The van der Waals surface area contributed by atoms with Crippen LogP contribution in [0.5, 0.6) is 0 Å². The van der Waals surface area contributed by atoms with Crippen LogP contribution in [0.25, 0.3) is 0 Å². The van der Waals surface area contributed by atoms with Crippen molar-refractivity contribution in [1.82, 2.24) is 4.98 Å². The molecular formula is C16H21NO2. The van der Waals surface area contributed by atoms with E-state index >= 15 is 0 Å². The van der Waals surface area contributed by atoms with E-state index in [1.165, 1.54) is 31.2 Å². The number of ether oxygens (including phenoxy) is 1. The largest absolute Gasteiger partial charge is 0.461 e. The molecule has 0 radical (unpaired) electrons. The van der Waals surface area contributed by atoms with Gasteiger partial charge in [-0.15, -0.1) is 0 Å². The van der Waals surface area contributed by atoms with E-state index in [1.54, 1.807) is 6.20 Å². The average Bonchev–Trinajstić information content (AvgIpc) is 3.14. The Kier molecular flexibility index (Phi) is 3.54. The molecule has 0 unspecified atom stereocenters. The zero-order valence-corrected chi connectivity index (χ0v) is 11.5. The summed E-state index contributed by atoms with van der Waals surface area (Å²) in [7, 11) is 0. The predicted octanol–water partition coefficient (Wildman–Crippen LogP) is 3.16. The molecular weight excluding hydrogens is 238 g/mol. The summed E-state index contributed by atoms with van der Waals surface area (Å²) < 4.78 is 5.10. The average molecular weight is 259 g/mol. The second-order valence-corrected chi connectivity index (χ2v) is 5.81. The third-order valence-corrected chi connectivity index (χ3v) is 4.30. The maximum absolute atomic E-state index is 11.9. The zero-order valence-electron chi connectivity index (χ0n) is 11.5. The van der Waals surface area contributed by atoms with Crippen molar-refractivity contribution in [2.45, 2.75) is 45.4 Å². The second kappa shape index (κ2) is 5.32. The van der Waals surface area contributed by atoms with Gasteiger partial charge in [-0.2, -0.15) is 0 Å². The number of esters is 1. The SMILES string of the molecule is CCOC(=O)c1nccc2c1C[C@@H](CCC1CC1)C2. The number of rotatable bonds is 5. The molecule has 3 rings (SSSR count). The summed E-state index contributed by atoms with van der Waals surface area (Å²) >= 11 is 0. The van der Waals surface area contributed by atoms with Crippen molar-refractivity contribution in [3.63, 3.8) is 0 Å². The van der Waals surface area contributed by atoms with Gasteiger partial charge in [0.2, 0.25) is 0 Å². The van der Waals surface area contributed by atoms with E-state index in [0.717, 1.165) is 24.3 Å². The van der Waals surface area contributed by atoms with Gasteiger partial charge in [0.15, 0.2) is 5.69 Å². The zero-order chi connectivity index (χ0) is 13.2. The molecule has 1 aromatic rings. The van der Waals surface area contributed by atoms with Gasteiger partial charge in [0.05, 0.1) is 6.61 Å². The standard InChI is InChI=1S/C16H21NO2/c1-2-19-16(18)15-14-10-12(6-5-11-3-4-11)9-13(14)7-8-17-15/h7-8,11-12H,2-6,9-10H2,1H3/t12-/m0/s1. The first-order chi connectivity index (χ1) is 9.28. The summed E-state index contributed by atoms with van der Waals surface area (Å²) in [6.07, 6.45) is 9.36. The number of pyridine rings is 1. The van der Waals surface area contributed by atoms with Crippen LogP contribution in [0.2, 0.25) is 0 Å². The molecule has 1 atom stereocenters. The van der Waals surface area contributed by atoms with Crippen molar-refractivity contribution in [2.75, 3.05) is 6.61 Å². The molecule has 3 heteroatoms. The lowest BCUT2D eigenvalue weighted by Gasteiger charge is -2.08. The minimum absolute atomic E-state index is 0.262. The Labute approximate surface area is 114 Å². The van der Waals surface area contributed by atoms with E-state index in [-0.39, 0.29) is 5.97 Å². The summed E-state index contributed by atoms with van der Waals surface area (Å²) in [5, 5.41) is 0. The maximum atomic E-state index is 11.9. The Hall–Kier alpha value is -1.38. The Balaban J connectivity index is 1.70. The van der Waals surface area contributed by atoms with Crippen molar-refractivity contribution in [3.8, 4) is 0 Å². The summed E-state index contributed by atoms with van der Waals surface area (Å²) in [6.45, 7) is 2.24. The Bertz CT molecular complexity index is 480. The van der Waals surface area contributed by atoms with E-state index in [1.807, 2.05) is 6.92 Å². The lowest BCUT2D eigenvalue weighted by atomic mass is 9.98. The number of hydrogen-bond acceptors (Lipinski definition) is 3. The number of carbonyl (C=O) groups is 1. The molecule has 1 heterocycles. The summed E-state index contributed by atoms with van der Waals surface area (Å²) in [5.74, 6) is 1.43. The summed E-state index contributed by atoms with van der Waals surface area (Å²) in [5.41, 5.74) is 2.99. The van der Waals surface area contributed by atoms with Crippen LogP contribution in [-0.2, 0) is 17.6 Å². The van der Waals surface area contributed by atoms with Gasteiger partial charge < -0.3 is 4.74 Å². The van der Waals surface area contributed by atoms with Gasteiger partial charge in [-0.05, 0) is 55.2 Å². The first kappa shape index (κ1) is 12.6. The predicted molar refractivity (Wildman–Crippen MR) is 73.0 cm³/mol. The molecule has 0 bridgehead atoms. The van der Waals surface area contributed by atoms with E-state index < -0.39 is 0 Å². The molecule has 3 nitrogen and oxygen atoms in total. The minimum atomic E-state index is -0.262. The van der Waals surface area contributed by atoms with Crippen LogP contribution in [0.4, 0.5) is 0 Å². The topological polar surface area (TPSA) is 39.2 Å². The smallest absolute Gasteiger partial charge is 0.357 e. The van der Waals surface area contributed by atoms with Crippen LogP contribution in [0.1, 0.15) is 54.2 Å². The van der Waals surface area contributed by atoms with Gasteiger partial charge >= 0.3 is 5.97 Å². The molecule has 2 aliphatic rings. The second-order valence-electron chi connectivity index (χ2n) is 5.81. The highest BCUT2D eigenvalue weighted by Gasteiger charge is 2.29. The van der Waals surface area contributed by atoms with E-state index in [2.05, 4.69) is 11.1 Å². The molecule has 2 aliphatic carbocycles. The molecule has 0 aromatic carbocycles. The van der Waals surface area contributed by atoms with Crippen LogP contribution in [0.3, 0.4) is 0 Å². The van der Waals surface area contributed by atoms with E-state index in [4.69, 9.17) is 4.74 Å². The van der Waals surface area contributed by atoms with Crippen molar-refractivity contribution in [2.24, 2.45) is 11.8 Å². The quantitative estimate of drug-likeness (QED) is 0.762. The lowest BCUT2D eigenvalue weighted by Crippen LogP contribution is -2.10. The third kappa shape index (κ3) is 2.80. The van der Waals surface area contributed by atoms with Gasteiger partial charge in [0.1, 0.15) is 0 Å². The van der Waals surface area contributed by atoms with Crippen molar-refractivity contribution in [1.29, 1.82) is 0 Å². The van der Waals surface area contributed by atoms with Crippen molar-refractivity contribution >= 4 is 5.97 Å². The monoisotopic (exact) mass is 259 g/mol. The Morgan fingerprint density at radius 1 is 1.32 bits per heavy atom. The van der Waals surface area contributed by atoms with Gasteiger partial charge in [0.25, 0.3) is 0 Å². The molecule has 1 fully saturated rings. The molecule has 0 saturated heterocycles. The van der Waals surface area contributed by atoms with Crippen LogP contribution in [0, 0.1) is 11.8 Å². The van der Waals surface area contributed by atoms with Gasteiger partial charge in [-0.1, -0.05) is 19.3 Å². The highest BCUT2D eigenvalue weighted by molar-refractivity contribution is 5.89. The van der Waals surface area contributed by atoms with Gasteiger partial charge in [-0.25, -0.2) is 9.78 Å². The maximum Gasteiger partial charge on any atom is 0.357 e. The van der Waals surface area contributed by atoms with Gasteiger partial charge in [0, 0.05) is 6.20 Å². The minimum Gasteiger partial charge on any atom is -0.461 e. The third-order valence-electron chi connectivity index (χ3n) is 4.30. The van der Waals surface area contributed by atoms with Crippen molar-refractivity contribution < 1.29 is 9.53 Å². The fourth-order valence-corrected chi connectivity index (χ4v) is 3.08.